The van der Waals surface area contributed by atoms with Gasteiger partial charge in [0.2, 0.25) is 0 Å². The predicted molar refractivity (Wildman–Crippen MR) is 144 cm³/mol. The van der Waals surface area contributed by atoms with E-state index in [4.69, 9.17) is 11.6 Å². The third-order valence-corrected chi connectivity index (χ3v) is 7.61. The van der Waals surface area contributed by atoms with Gasteiger partial charge in [0.25, 0.3) is 5.91 Å². The minimum Gasteiger partial charge on any atom is -0.345 e. The summed E-state index contributed by atoms with van der Waals surface area (Å²) in [5.41, 5.74) is 4.10. The van der Waals surface area contributed by atoms with Crippen LogP contribution in [0.5, 0.6) is 0 Å². The molecule has 0 bridgehead atoms. The lowest BCUT2D eigenvalue weighted by molar-refractivity contribution is 0.0946. The van der Waals surface area contributed by atoms with Gasteiger partial charge in [-0.2, -0.15) is 0 Å². The van der Waals surface area contributed by atoms with Crippen molar-refractivity contribution in [3.8, 4) is 17.1 Å². The fraction of sp³-hybridized carbons (Fsp3) is 0.115. The number of halogens is 1. The van der Waals surface area contributed by atoms with Gasteiger partial charge in [-0.15, -0.1) is 21.5 Å². The Labute approximate surface area is 221 Å². The van der Waals surface area contributed by atoms with Crippen molar-refractivity contribution >= 4 is 40.6 Å². The van der Waals surface area contributed by atoms with Crippen molar-refractivity contribution in [1.29, 1.82) is 0 Å². The number of hydrogen-bond acceptors (Lipinski definition) is 7. The van der Waals surface area contributed by atoms with Crippen molar-refractivity contribution < 1.29 is 4.79 Å². The Bertz CT molecular complexity index is 1480. The fourth-order valence-corrected chi connectivity index (χ4v) is 5.44. The van der Waals surface area contributed by atoms with Crippen LogP contribution in [0, 0.1) is 6.92 Å². The number of nitrogens with one attached hydrogen (secondary N) is 1. The van der Waals surface area contributed by atoms with Gasteiger partial charge in [0, 0.05) is 22.8 Å². The highest BCUT2D eigenvalue weighted by molar-refractivity contribution is 7.98. The molecule has 1 amide bonds. The topological polar surface area (TPSA) is 85.6 Å². The average Bonchev–Trinajstić information content (AvgIpc) is 3.55. The van der Waals surface area contributed by atoms with Crippen molar-refractivity contribution in [3.63, 3.8) is 0 Å². The van der Waals surface area contributed by atoms with E-state index in [0.717, 1.165) is 27.5 Å². The minimum absolute atomic E-state index is 0.225. The van der Waals surface area contributed by atoms with E-state index in [2.05, 4.69) is 37.6 Å². The second kappa shape index (κ2) is 11.0. The number of carbonyl (C=O) groups is 1. The van der Waals surface area contributed by atoms with Crippen LogP contribution in [0.2, 0.25) is 5.02 Å². The zero-order valence-electron chi connectivity index (χ0n) is 19.3. The average molecular weight is 533 g/mol. The van der Waals surface area contributed by atoms with Crippen molar-refractivity contribution in [2.75, 3.05) is 0 Å². The summed E-state index contributed by atoms with van der Waals surface area (Å²) in [7, 11) is 0. The van der Waals surface area contributed by atoms with Crippen LogP contribution in [-0.2, 0) is 12.3 Å². The largest absolute Gasteiger partial charge is 0.345 e. The van der Waals surface area contributed by atoms with Crippen LogP contribution < -0.4 is 5.32 Å². The molecule has 10 heteroatoms. The number of aryl methyl sites for hydroxylation is 1. The summed E-state index contributed by atoms with van der Waals surface area (Å²) in [5, 5.41) is 15.7. The summed E-state index contributed by atoms with van der Waals surface area (Å²) in [4.78, 5) is 21.3. The minimum atomic E-state index is -0.225. The molecule has 7 nitrogen and oxygen atoms in total. The standard InChI is InChI=1S/C26H21ClN6OS2/c1-17-9-11-19(12-10-17)33-24(20-7-2-3-8-21(20)27)31-32-26(33)36-16-23-30-22(15-35-23)25(34)29-14-18-6-4-5-13-28-18/h2-13,15H,14,16H2,1H3,(H,29,34). The number of carbonyl (C=O) groups excluding carboxylic acids is 1. The van der Waals surface area contributed by atoms with E-state index < -0.39 is 0 Å². The molecule has 3 aromatic heterocycles. The zero-order chi connectivity index (χ0) is 24.9. The number of amides is 1. The maximum absolute atomic E-state index is 12.5. The predicted octanol–water partition coefficient (Wildman–Crippen LogP) is 5.97. The van der Waals surface area contributed by atoms with Crippen LogP contribution in [0.15, 0.2) is 83.5 Å². The molecule has 0 spiro atoms. The number of aromatic nitrogens is 5. The van der Waals surface area contributed by atoms with E-state index in [-0.39, 0.29) is 5.91 Å². The lowest BCUT2D eigenvalue weighted by Gasteiger charge is -2.11. The smallest absolute Gasteiger partial charge is 0.271 e. The van der Waals surface area contributed by atoms with Crippen molar-refractivity contribution in [2.24, 2.45) is 0 Å². The van der Waals surface area contributed by atoms with Gasteiger partial charge in [0.15, 0.2) is 11.0 Å². The molecule has 0 aliphatic rings. The molecule has 0 atom stereocenters. The van der Waals surface area contributed by atoms with Crippen LogP contribution in [0.3, 0.4) is 0 Å². The van der Waals surface area contributed by atoms with Gasteiger partial charge in [-0.3, -0.25) is 14.3 Å². The summed E-state index contributed by atoms with van der Waals surface area (Å²) in [6.45, 7) is 2.40. The highest BCUT2D eigenvalue weighted by Crippen LogP contribution is 2.33. The van der Waals surface area contributed by atoms with Gasteiger partial charge in [0.05, 0.1) is 23.0 Å². The van der Waals surface area contributed by atoms with Crippen LogP contribution >= 0.6 is 34.7 Å². The molecule has 36 heavy (non-hydrogen) atoms. The molecule has 0 saturated heterocycles. The SMILES string of the molecule is Cc1ccc(-n2c(SCc3nc(C(=O)NCc4ccccn4)cs3)nnc2-c2ccccc2Cl)cc1. The van der Waals surface area contributed by atoms with Gasteiger partial charge >= 0.3 is 0 Å². The number of benzene rings is 2. The molecule has 0 unspecified atom stereocenters. The molecule has 2 aromatic carbocycles. The quantitative estimate of drug-likeness (QED) is 0.248. The van der Waals surface area contributed by atoms with Crippen LogP contribution in [0.25, 0.3) is 17.1 Å². The van der Waals surface area contributed by atoms with Crippen LogP contribution in [0.4, 0.5) is 0 Å². The third-order valence-electron chi connectivity index (χ3n) is 5.31. The Balaban J connectivity index is 1.34. The Kier molecular flexibility index (Phi) is 7.41. The highest BCUT2D eigenvalue weighted by atomic mass is 35.5. The molecule has 0 aliphatic carbocycles. The van der Waals surface area contributed by atoms with E-state index in [9.17, 15) is 4.79 Å². The van der Waals surface area contributed by atoms with E-state index >= 15 is 0 Å². The lowest BCUT2D eigenvalue weighted by atomic mass is 10.2. The second-order valence-electron chi connectivity index (χ2n) is 7.88. The molecular weight excluding hydrogens is 512 g/mol. The number of rotatable bonds is 8. The summed E-state index contributed by atoms with van der Waals surface area (Å²) in [6.07, 6.45) is 1.70. The molecule has 0 fully saturated rings. The van der Waals surface area contributed by atoms with E-state index in [1.54, 1.807) is 11.6 Å². The van der Waals surface area contributed by atoms with Crippen LogP contribution in [-0.4, -0.2) is 30.6 Å². The zero-order valence-corrected chi connectivity index (χ0v) is 21.6. The van der Waals surface area contributed by atoms with Gasteiger partial charge in [0.1, 0.15) is 10.7 Å². The summed E-state index contributed by atoms with van der Waals surface area (Å²) >= 11 is 9.43. The highest BCUT2D eigenvalue weighted by Gasteiger charge is 2.19. The Hall–Kier alpha value is -3.53. The maximum Gasteiger partial charge on any atom is 0.271 e. The molecule has 5 aromatic rings. The van der Waals surface area contributed by atoms with E-state index in [0.29, 0.717) is 34.0 Å². The number of hydrogen-bond donors (Lipinski definition) is 1. The normalized spacial score (nSPS) is 10.9. The number of thiazole rings is 1. The Morgan fingerprint density at radius 2 is 1.86 bits per heavy atom. The number of pyridine rings is 1. The lowest BCUT2D eigenvalue weighted by Crippen LogP contribution is -2.23. The molecular formula is C26H21ClN6OS2. The molecule has 1 N–H and O–H groups in total. The van der Waals surface area contributed by atoms with Crippen LogP contribution in [0.1, 0.15) is 26.8 Å². The first kappa shape index (κ1) is 24.2. The molecule has 0 saturated carbocycles. The first-order valence-electron chi connectivity index (χ1n) is 11.1. The summed E-state index contributed by atoms with van der Waals surface area (Å²) < 4.78 is 2.00. The molecule has 3 heterocycles. The molecule has 180 valence electrons. The van der Waals surface area contributed by atoms with Crippen molar-refractivity contribution in [2.45, 2.75) is 24.4 Å². The first-order valence-corrected chi connectivity index (χ1v) is 13.4. The number of nitrogens with zero attached hydrogens (tertiary/aromatic N) is 5. The molecule has 5 rings (SSSR count). The summed E-state index contributed by atoms with van der Waals surface area (Å²) in [6, 6.07) is 21.4. The van der Waals surface area contributed by atoms with E-state index in [1.165, 1.54) is 23.1 Å². The van der Waals surface area contributed by atoms with Gasteiger partial charge in [-0.1, -0.05) is 59.3 Å². The number of thioether (sulfide) groups is 1. The Morgan fingerprint density at radius 1 is 1.06 bits per heavy atom. The van der Waals surface area contributed by atoms with Gasteiger partial charge in [-0.05, 0) is 43.3 Å². The van der Waals surface area contributed by atoms with E-state index in [1.807, 2.05) is 66.1 Å². The maximum atomic E-state index is 12.5. The third kappa shape index (κ3) is 5.48. The molecule has 0 aliphatic heterocycles. The monoisotopic (exact) mass is 532 g/mol. The van der Waals surface area contributed by atoms with Gasteiger partial charge in [-0.25, -0.2) is 4.98 Å². The summed E-state index contributed by atoms with van der Waals surface area (Å²) in [5.74, 6) is 0.989. The van der Waals surface area contributed by atoms with Gasteiger partial charge < -0.3 is 5.32 Å². The van der Waals surface area contributed by atoms with Crippen molar-refractivity contribution in [1.82, 2.24) is 30.0 Å². The molecule has 0 radical (unpaired) electrons. The fourth-order valence-electron chi connectivity index (χ4n) is 3.48. The van der Waals surface area contributed by atoms with Crippen molar-refractivity contribution in [3.05, 3.63) is 105 Å². The Morgan fingerprint density at radius 3 is 2.64 bits per heavy atom. The second-order valence-corrected chi connectivity index (χ2v) is 10.2. The first-order chi connectivity index (χ1) is 17.6.